The van der Waals surface area contributed by atoms with Crippen LogP contribution in [-0.4, -0.2) is 42.3 Å². The molecule has 182 valence electrons. The molecule has 34 heavy (non-hydrogen) atoms. The maximum absolute atomic E-state index is 12.4. The Morgan fingerprint density at radius 3 is 2.24 bits per heavy atom. The predicted molar refractivity (Wildman–Crippen MR) is 131 cm³/mol. The first-order chi connectivity index (χ1) is 16.4. The SMILES string of the molecule is CCC(CNC(=O)CCCC(C)NC(=O)OCC1c2ccccc2-c2ccccc21)CC(=O)O. The zero-order chi connectivity index (χ0) is 24.5. The van der Waals surface area contributed by atoms with Crippen molar-refractivity contribution in [2.24, 2.45) is 5.92 Å². The standard InChI is InChI=1S/C27H34N2O5/c1-3-19(15-26(31)32)16-28-25(30)14-8-9-18(2)29-27(33)34-17-24-22-12-6-4-10-20(22)21-11-5-7-13-23(21)24/h4-7,10-13,18-19,24H,3,8-9,14-17H2,1-2H3,(H,28,30)(H,29,33)(H,31,32). The number of fused-ring (bicyclic) bond motifs is 3. The van der Waals surface area contributed by atoms with E-state index < -0.39 is 12.1 Å². The lowest BCUT2D eigenvalue weighted by Gasteiger charge is -2.17. The highest BCUT2D eigenvalue weighted by molar-refractivity contribution is 5.79. The lowest BCUT2D eigenvalue weighted by molar-refractivity contribution is -0.138. The molecular weight excluding hydrogens is 432 g/mol. The van der Waals surface area contributed by atoms with E-state index in [0.717, 1.165) is 0 Å². The molecule has 1 aliphatic rings. The van der Waals surface area contributed by atoms with Crippen molar-refractivity contribution >= 4 is 18.0 Å². The summed E-state index contributed by atoms with van der Waals surface area (Å²) in [5.41, 5.74) is 4.72. The molecule has 3 rings (SSSR count). The van der Waals surface area contributed by atoms with Crippen LogP contribution in [0.5, 0.6) is 0 Å². The molecule has 7 nitrogen and oxygen atoms in total. The van der Waals surface area contributed by atoms with Crippen molar-refractivity contribution in [2.45, 2.75) is 57.9 Å². The van der Waals surface area contributed by atoms with Crippen molar-refractivity contribution in [1.82, 2.24) is 10.6 Å². The molecule has 2 aromatic carbocycles. The summed E-state index contributed by atoms with van der Waals surface area (Å²) in [7, 11) is 0. The van der Waals surface area contributed by atoms with Gasteiger partial charge in [-0.2, -0.15) is 0 Å². The number of hydrogen-bond acceptors (Lipinski definition) is 4. The Morgan fingerprint density at radius 1 is 1.03 bits per heavy atom. The molecule has 0 saturated carbocycles. The van der Waals surface area contributed by atoms with Gasteiger partial charge in [0.15, 0.2) is 0 Å². The van der Waals surface area contributed by atoms with Gasteiger partial charge in [-0.15, -0.1) is 0 Å². The van der Waals surface area contributed by atoms with Crippen LogP contribution in [0.3, 0.4) is 0 Å². The molecule has 0 saturated heterocycles. The Bertz CT molecular complexity index is 961. The number of alkyl carbamates (subject to hydrolysis) is 1. The molecule has 0 fully saturated rings. The first kappa shape index (κ1) is 25.3. The second-order valence-corrected chi connectivity index (χ2v) is 8.94. The minimum absolute atomic E-state index is 0.0187. The molecule has 2 aromatic rings. The van der Waals surface area contributed by atoms with E-state index in [1.807, 2.05) is 38.1 Å². The molecule has 3 N–H and O–H groups in total. The number of hydrogen-bond donors (Lipinski definition) is 3. The maximum Gasteiger partial charge on any atom is 0.407 e. The van der Waals surface area contributed by atoms with Crippen LogP contribution in [0, 0.1) is 5.92 Å². The zero-order valence-corrected chi connectivity index (χ0v) is 19.9. The average molecular weight is 467 g/mol. The topological polar surface area (TPSA) is 105 Å². The smallest absolute Gasteiger partial charge is 0.407 e. The zero-order valence-electron chi connectivity index (χ0n) is 19.9. The quantitative estimate of drug-likeness (QED) is 0.421. The van der Waals surface area contributed by atoms with E-state index >= 15 is 0 Å². The summed E-state index contributed by atoms with van der Waals surface area (Å²) in [5.74, 6) is -0.993. The van der Waals surface area contributed by atoms with Crippen molar-refractivity contribution in [2.75, 3.05) is 13.2 Å². The number of aliphatic carboxylic acids is 1. The van der Waals surface area contributed by atoms with Crippen molar-refractivity contribution in [3.05, 3.63) is 59.7 Å². The highest BCUT2D eigenvalue weighted by Gasteiger charge is 2.29. The number of rotatable bonds is 12. The Balaban J connectivity index is 1.38. The van der Waals surface area contributed by atoms with Gasteiger partial charge in [-0.1, -0.05) is 61.9 Å². The molecular formula is C27H34N2O5. The first-order valence-electron chi connectivity index (χ1n) is 12.0. The summed E-state index contributed by atoms with van der Waals surface area (Å²) in [6, 6.07) is 16.3. The van der Waals surface area contributed by atoms with Gasteiger partial charge in [-0.25, -0.2) is 4.79 Å². The van der Waals surface area contributed by atoms with E-state index in [4.69, 9.17) is 9.84 Å². The molecule has 1 aliphatic carbocycles. The molecule has 0 spiro atoms. The molecule has 2 atom stereocenters. The number of ether oxygens (including phenoxy) is 1. The van der Waals surface area contributed by atoms with Crippen LogP contribution in [0.15, 0.2) is 48.5 Å². The number of amides is 2. The fourth-order valence-electron chi connectivity index (χ4n) is 4.44. The Hall–Kier alpha value is -3.35. The largest absolute Gasteiger partial charge is 0.481 e. The third-order valence-electron chi connectivity index (χ3n) is 6.38. The Labute approximate surface area is 200 Å². The molecule has 0 bridgehead atoms. The van der Waals surface area contributed by atoms with E-state index in [0.29, 0.717) is 32.2 Å². The fourth-order valence-corrected chi connectivity index (χ4v) is 4.44. The first-order valence-corrected chi connectivity index (χ1v) is 12.0. The molecule has 0 aliphatic heterocycles. The maximum atomic E-state index is 12.4. The second-order valence-electron chi connectivity index (χ2n) is 8.94. The van der Waals surface area contributed by atoms with Gasteiger partial charge in [-0.05, 0) is 47.9 Å². The highest BCUT2D eigenvalue weighted by Crippen LogP contribution is 2.44. The van der Waals surface area contributed by atoms with Crippen LogP contribution >= 0.6 is 0 Å². The van der Waals surface area contributed by atoms with Crippen LogP contribution in [0.4, 0.5) is 4.79 Å². The van der Waals surface area contributed by atoms with Gasteiger partial charge >= 0.3 is 12.1 Å². The van der Waals surface area contributed by atoms with Crippen molar-refractivity contribution < 1.29 is 24.2 Å². The van der Waals surface area contributed by atoms with E-state index in [9.17, 15) is 14.4 Å². The monoisotopic (exact) mass is 466 g/mol. The molecule has 0 aromatic heterocycles. The van der Waals surface area contributed by atoms with Crippen molar-refractivity contribution in [3.63, 3.8) is 0 Å². The normalized spacial score (nSPS) is 13.9. The number of nitrogens with one attached hydrogen (secondary N) is 2. The third-order valence-corrected chi connectivity index (χ3v) is 6.38. The van der Waals surface area contributed by atoms with E-state index in [-0.39, 0.29) is 36.8 Å². The van der Waals surface area contributed by atoms with Gasteiger partial charge in [-0.3, -0.25) is 9.59 Å². The minimum atomic E-state index is -0.853. The van der Waals surface area contributed by atoms with Crippen LogP contribution in [-0.2, 0) is 14.3 Å². The third kappa shape index (κ3) is 6.83. The van der Waals surface area contributed by atoms with Crippen LogP contribution < -0.4 is 10.6 Å². The summed E-state index contributed by atoms with van der Waals surface area (Å²) in [6.07, 6.45) is 1.89. The highest BCUT2D eigenvalue weighted by atomic mass is 16.5. The van der Waals surface area contributed by atoms with E-state index in [1.54, 1.807) is 0 Å². The van der Waals surface area contributed by atoms with Gasteiger partial charge in [0.2, 0.25) is 5.91 Å². The molecule has 7 heteroatoms. The summed E-state index contributed by atoms with van der Waals surface area (Å²) < 4.78 is 5.57. The number of carbonyl (C=O) groups is 3. The van der Waals surface area contributed by atoms with Gasteiger partial charge < -0.3 is 20.5 Å². The predicted octanol–water partition coefficient (Wildman–Crippen LogP) is 4.70. The Morgan fingerprint density at radius 2 is 1.65 bits per heavy atom. The van der Waals surface area contributed by atoms with Gasteiger partial charge in [0.25, 0.3) is 0 Å². The fraction of sp³-hybridized carbons (Fsp3) is 0.444. The number of carbonyl (C=O) groups excluding carboxylic acids is 2. The van der Waals surface area contributed by atoms with Crippen LogP contribution in [0.2, 0.25) is 0 Å². The average Bonchev–Trinajstić information content (AvgIpc) is 3.14. The molecule has 2 amide bonds. The van der Waals surface area contributed by atoms with E-state index in [1.165, 1.54) is 22.3 Å². The van der Waals surface area contributed by atoms with Gasteiger partial charge in [0.1, 0.15) is 6.61 Å². The van der Waals surface area contributed by atoms with Crippen molar-refractivity contribution in [1.29, 1.82) is 0 Å². The minimum Gasteiger partial charge on any atom is -0.481 e. The number of benzene rings is 2. The molecule has 0 heterocycles. The summed E-state index contributed by atoms with van der Waals surface area (Å²) in [5, 5.41) is 14.5. The van der Waals surface area contributed by atoms with Crippen LogP contribution in [0.25, 0.3) is 11.1 Å². The number of carboxylic acids is 1. The summed E-state index contributed by atoms with van der Waals surface area (Å²) in [6.45, 7) is 4.44. The molecule has 0 radical (unpaired) electrons. The number of carboxylic acid groups (broad SMARTS) is 1. The Kier molecular flexibility index (Phi) is 9.08. The second kappa shape index (κ2) is 12.2. The molecule has 2 unspecified atom stereocenters. The lowest BCUT2D eigenvalue weighted by atomic mass is 9.98. The summed E-state index contributed by atoms with van der Waals surface area (Å²) >= 11 is 0. The van der Waals surface area contributed by atoms with E-state index in [2.05, 4.69) is 34.9 Å². The van der Waals surface area contributed by atoms with Gasteiger partial charge in [0, 0.05) is 31.3 Å². The van der Waals surface area contributed by atoms with Gasteiger partial charge in [0.05, 0.1) is 0 Å². The van der Waals surface area contributed by atoms with Crippen molar-refractivity contribution in [3.8, 4) is 11.1 Å². The van der Waals surface area contributed by atoms with Crippen LogP contribution in [0.1, 0.15) is 63.0 Å². The summed E-state index contributed by atoms with van der Waals surface area (Å²) in [4.78, 5) is 35.2. The lowest BCUT2D eigenvalue weighted by Crippen LogP contribution is -2.34.